The lowest BCUT2D eigenvalue weighted by Gasteiger charge is -2.04. The zero-order valence-corrected chi connectivity index (χ0v) is 12.2. The first-order valence-corrected chi connectivity index (χ1v) is 6.34. The second-order valence-electron chi connectivity index (χ2n) is 4.63. The summed E-state index contributed by atoms with van der Waals surface area (Å²) in [6, 6.07) is 3.89. The Morgan fingerprint density at radius 2 is 2.13 bits per heavy atom. The molecule has 0 aliphatic rings. The molecule has 0 bridgehead atoms. The number of rotatable bonds is 4. The van der Waals surface area contributed by atoms with E-state index in [1.807, 2.05) is 0 Å². The second kappa shape index (κ2) is 6.13. The summed E-state index contributed by atoms with van der Waals surface area (Å²) in [5.41, 5.74) is 1.87. The largest absolute Gasteiger partial charge is 0.508 e. The van der Waals surface area contributed by atoms with Crippen LogP contribution in [0.2, 0.25) is 0 Å². The predicted octanol–water partition coefficient (Wildman–Crippen LogP) is 0.893. The topological polar surface area (TPSA) is 143 Å². The number of carbonyl (C=O) groups is 1. The van der Waals surface area contributed by atoms with Gasteiger partial charge in [-0.1, -0.05) is 0 Å². The van der Waals surface area contributed by atoms with Crippen molar-refractivity contribution in [2.45, 2.75) is 6.92 Å². The Balaban J connectivity index is 2.22. The van der Waals surface area contributed by atoms with E-state index in [9.17, 15) is 25.1 Å². The molecule has 0 unspecified atom stereocenters. The van der Waals surface area contributed by atoms with E-state index < -0.39 is 16.5 Å². The lowest BCUT2D eigenvalue weighted by molar-refractivity contribution is -0.385. The first-order chi connectivity index (χ1) is 10.8. The number of phenols is 2. The van der Waals surface area contributed by atoms with E-state index in [2.05, 4.69) is 15.6 Å². The van der Waals surface area contributed by atoms with Gasteiger partial charge in [0.15, 0.2) is 0 Å². The number of aromatic nitrogens is 2. The molecule has 0 spiro atoms. The fourth-order valence-corrected chi connectivity index (χ4v) is 1.85. The van der Waals surface area contributed by atoms with Crippen molar-refractivity contribution in [1.82, 2.24) is 15.2 Å². The normalized spacial score (nSPS) is 11.3. The quantitative estimate of drug-likeness (QED) is 0.434. The molecule has 10 nitrogen and oxygen atoms in total. The van der Waals surface area contributed by atoms with E-state index >= 15 is 0 Å². The van der Waals surface area contributed by atoms with E-state index in [0.717, 1.165) is 16.9 Å². The summed E-state index contributed by atoms with van der Waals surface area (Å²) in [7, 11) is 1.45. The summed E-state index contributed by atoms with van der Waals surface area (Å²) in [5, 5.41) is 37.3. The average Bonchev–Trinajstić information content (AvgIpc) is 2.86. The molecule has 0 atom stereocenters. The average molecular weight is 319 g/mol. The highest BCUT2D eigenvalue weighted by Crippen LogP contribution is 2.23. The van der Waals surface area contributed by atoms with Crippen LogP contribution in [-0.4, -0.2) is 36.5 Å². The number of hydrogen-bond acceptors (Lipinski definition) is 7. The van der Waals surface area contributed by atoms with Gasteiger partial charge in [-0.3, -0.25) is 19.6 Å². The minimum atomic E-state index is -0.852. The zero-order valence-electron chi connectivity index (χ0n) is 12.2. The van der Waals surface area contributed by atoms with Crippen molar-refractivity contribution in [2.24, 2.45) is 12.1 Å². The van der Waals surface area contributed by atoms with Gasteiger partial charge in [-0.15, -0.1) is 0 Å². The van der Waals surface area contributed by atoms with Crippen molar-refractivity contribution >= 4 is 17.3 Å². The van der Waals surface area contributed by atoms with Gasteiger partial charge < -0.3 is 10.2 Å². The summed E-state index contributed by atoms with van der Waals surface area (Å²) >= 11 is 0. The van der Waals surface area contributed by atoms with Crippen LogP contribution in [0.4, 0.5) is 5.69 Å². The number of aryl methyl sites for hydroxylation is 1. The number of hydrazone groups is 1. The lowest BCUT2D eigenvalue weighted by Crippen LogP contribution is -2.21. The molecule has 0 aliphatic heterocycles. The van der Waals surface area contributed by atoms with Gasteiger partial charge in [0.05, 0.1) is 10.6 Å². The number of aromatic hydroxyl groups is 2. The zero-order chi connectivity index (χ0) is 17.1. The van der Waals surface area contributed by atoms with E-state index in [1.54, 1.807) is 0 Å². The maximum atomic E-state index is 12.0. The first kappa shape index (κ1) is 15.9. The summed E-state index contributed by atoms with van der Waals surface area (Å²) in [5.74, 6) is -1.19. The van der Waals surface area contributed by atoms with Gasteiger partial charge in [-0.2, -0.15) is 10.2 Å². The van der Waals surface area contributed by atoms with Crippen LogP contribution < -0.4 is 5.43 Å². The molecule has 0 aliphatic carbocycles. The van der Waals surface area contributed by atoms with Crippen molar-refractivity contribution in [2.75, 3.05) is 0 Å². The van der Waals surface area contributed by atoms with Crippen LogP contribution in [0.1, 0.15) is 23.0 Å². The van der Waals surface area contributed by atoms with E-state index in [1.165, 1.54) is 26.1 Å². The number of nitrogens with one attached hydrogen (secondary N) is 1. The molecule has 0 saturated carbocycles. The number of nitrogens with zero attached hydrogens (tertiary/aromatic N) is 4. The Morgan fingerprint density at radius 3 is 2.74 bits per heavy atom. The third-order valence-corrected chi connectivity index (χ3v) is 2.92. The maximum Gasteiger partial charge on any atom is 0.320 e. The monoisotopic (exact) mass is 319 g/mol. The van der Waals surface area contributed by atoms with Gasteiger partial charge in [0, 0.05) is 18.7 Å². The van der Waals surface area contributed by atoms with Crippen LogP contribution >= 0.6 is 0 Å². The van der Waals surface area contributed by atoms with Crippen LogP contribution in [0.3, 0.4) is 0 Å². The molecule has 120 valence electrons. The number of amides is 1. The number of phenolic OH excluding ortho intramolecular Hbond substituents is 2. The van der Waals surface area contributed by atoms with Crippen LogP contribution in [-0.2, 0) is 7.05 Å². The van der Waals surface area contributed by atoms with Crippen molar-refractivity contribution in [3.05, 3.63) is 45.8 Å². The highest BCUT2D eigenvalue weighted by atomic mass is 16.6. The van der Waals surface area contributed by atoms with E-state index in [4.69, 9.17) is 0 Å². The Hall–Kier alpha value is -3.43. The molecular formula is C13H13N5O5. The van der Waals surface area contributed by atoms with Crippen molar-refractivity contribution in [1.29, 1.82) is 0 Å². The summed E-state index contributed by atoms with van der Waals surface area (Å²) in [6.45, 7) is 1.51. The Kier molecular flexibility index (Phi) is 4.25. The minimum absolute atomic E-state index is 0.118. The number of carbonyl (C=O) groups excluding carboxylic acids is 1. The molecular weight excluding hydrogens is 306 g/mol. The third-order valence-electron chi connectivity index (χ3n) is 2.92. The highest BCUT2D eigenvalue weighted by molar-refractivity contribution is 6.03. The summed E-state index contributed by atoms with van der Waals surface area (Å²) in [4.78, 5) is 22.1. The molecule has 23 heavy (non-hydrogen) atoms. The predicted molar refractivity (Wildman–Crippen MR) is 79.3 cm³/mol. The van der Waals surface area contributed by atoms with E-state index in [-0.39, 0.29) is 22.9 Å². The van der Waals surface area contributed by atoms with Gasteiger partial charge in [0.25, 0.3) is 5.91 Å². The molecule has 1 heterocycles. The molecule has 2 aromatic rings. The van der Waals surface area contributed by atoms with Crippen LogP contribution in [0.15, 0.2) is 29.5 Å². The Morgan fingerprint density at radius 1 is 1.43 bits per heavy atom. The second-order valence-corrected chi connectivity index (χ2v) is 4.63. The van der Waals surface area contributed by atoms with Gasteiger partial charge in [0.1, 0.15) is 17.7 Å². The molecule has 0 radical (unpaired) electrons. The standard InChI is InChI=1S/C13H13N5O5/c1-7(9-4-3-8(19)5-11(9)20)14-15-13(21)12-10(18(22)23)6-17(2)16-12/h3-6,19-20H,1-2H3,(H,15,21)/b14-7+. The third kappa shape index (κ3) is 3.43. The van der Waals surface area contributed by atoms with Gasteiger partial charge in [-0.05, 0) is 19.1 Å². The Bertz CT molecular complexity index is 811. The minimum Gasteiger partial charge on any atom is -0.508 e. The molecule has 1 aromatic carbocycles. The van der Waals surface area contributed by atoms with Crippen LogP contribution in [0, 0.1) is 10.1 Å². The number of benzene rings is 1. The lowest BCUT2D eigenvalue weighted by atomic mass is 10.1. The molecule has 1 amide bonds. The smallest absolute Gasteiger partial charge is 0.320 e. The van der Waals surface area contributed by atoms with Gasteiger partial charge >= 0.3 is 5.69 Å². The van der Waals surface area contributed by atoms with Gasteiger partial charge in [0.2, 0.25) is 5.69 Å². The molecule has 0 fully saturated rings. The molecule has 10 heteroatoms. The van der Waals surface area contributed by atoms with Gasteiger partial charge in [-0.25, -0.2) is 5.43 Å². The molecule has 1 aromatic heterocycles. The van der Waals surface area contributed by atoms with E-state index in [0.29, 0.717) is 5.56 Å². The van der Waals surface area contributed by atoms with Crippen LogP contribution in [0.25, 0.3) is 0 Å². The number of hydrogen-bond donors (Lipinski definition) is 3. The molecule has 2 rings (SSSR count). The maximum absolute atomic E-state index is 12.0. The first-order valence-electron chi connectivity index (χ1n) is 6.34. The van der Waals surface area contributed by atoms with Crippen molar-refractivity contribution < 1.29 is 19.9 Å². The fourth-order valence-electron chi connectivity index (χ4n) is 1.85. The van der Waals surface area contributed by atoms with Crippen molar-refractivity contribution in [3.63, 3.8) is 0 Å². The highest BCUT2D eigenvalue weighted by Gasteiger charge is 2.24. The SMILES string of the molecule is C/C(=N\NC(=O)c1nn(C)cc1[N+](=O)[O-])c1ccc(O)cc1O. The van der Waals surface area contributed by atoms with Crippen molar-refractivity contribution in [3.8, 4) is 11.5 Å². The molecule has 0 saturated heterocycles. The summed E-state index contributed by atoms with van der Waals surface area (Å²) < 4.78 is 1.15. The fraction of sp³-hybridized carbons (Fsp3) is 0.154. The number of nitro groups is 1. The Labute approximate surface area is 129 Å². The molecule has 3 N–H and O–H groups in total. The summed E-state index contributed by atoms with van der Waals surface area (Å²) in [6.07, 6.45) is 1.11. The van der Waals surface area contributed by atoms with Crippen LogP contribution in [0.5, 0.6) is 11.5 Å².